The zero-order valence-electron chi connectivity index (χ0n) is 13.8. The number of amides is 1. The van der Waals surface area contributed by atoms with Crippen LogP contribution in [0.15, 0.2) is 58.5 Å². The minimum absolute atomic E-state index is 0.150. The van der Waals surface area contributed by atoms with Crippen LogP contribution < -0.4 is 15.5 Å². The van der Waals surface area contributed by atoms with E-state index >= 15 is 0 Å². The fourth-order valence-electron chi connectivity index (χ4n) is 1.93. The lowest BCUT2D eigenvalue weighted by atomic mass is 10.2. The second-order valence-electron chi connectivity index (χ2n) is 4.88. The molecule has 0 aromatic heterocycles. The van der Waals surface area contributed by atoms with Crippen LogP contribution in [-0.4, -0.2) is 31.5 Å². The normalized spacial score (nSPS) is 10.6. The van der Waals surface area contributed by atoms with Crippen LogP contribution in [-0.2, 0) is 4.79 Å². The number of hydrogen-bond donors (Lipinski definition) is 2. The largest absolute Gasteiger partial charge is 0.494 e. The first-order chi connectivity index (χ1) is 11.7. The molecule has 0 saturated heterocycles. The minimum Gasteiger partial charge on any atom is -0.494 e. The average Bonchev–Trinajstić information content (AvgIpc) is 2.62. The first-order valence-electron chi connectivity index (χ1n) is 7.64. The van der Waals surface area contributed by atoms with Crippen molar-refractivity contribution < 1.29 is 9.53 Å². The number of anilines is 1. The highest BCUT2D eigenvalue weighted by molar-refractivity contribution is 7.98. The van der Waals surface area contributed by atoms with Gasteiger partial charge in [0.05, 0.1) is 19.4 Å². The number of ether oxygens (including phenoxy) is 1. The molecule has 0 fully saturated rings. The van der Waals surface area contributed by atoms with Crippen LogP contribution in [0.5, 0.6) is 5.75 Å². The molecule has 24 heavy (non-hydrogen) atoms. The Hall–Kier alpha value is -2.47. The number of thioether (sulfide) groups is 1. The maximum absolute atomic E-state index is 11.8. The van der Waals surface area contributed by atoms with E-state index < -0.39 is 0 Å². The third-order valence-corrected chi connectivity index (χ3v) is 3.88. The Bertz CT molecular complexity index is 670. The van der Waals surface area contributed by atoms with E-state index in [4.69, 9.17) is 4.74 Å². The van der Waals surface area contributed by atoms with Gasteiger partial charge in [-0.15, -0.1) is 11.8 Å². The van der Waals surface area contributed by atoms with Gasteiger partial charge in [0.2, 0.25) is 0 Å². The fraction of sp³-hybridized carbons (Fsp3) is 0.222. The van der Waals surface area contributed by atoms with E-state index in [1.807, 2.05) is 61.7 Å². The van der Waals surface area contributed by atoms with Crippen molar-refractivity contribution in [3.05, 3.63) is 54.1 Å². The molecule has 5 nitrogen and oxygen atoms in total. The number of nitrogens with one attached hydrogen (secondary N) is 2. The molecule has 0 heterocycles. The molecular formula is C18H21N3O2S. The van der Waals surface area contributed by atoms with E-state index in [2.05, 4.69) is 15.8 Å². The van der Waals surface area contributed by atoms with Crippen molar-refractivity contribution in [2.24, 2.45) is 5.10 Å². The van der Waals surface area contributed by atoms with Crippen molar-refractivity contribution in [2.45, 2.75) is 11.8 Å². The van der Waals surface area contributed by atoms with Crippen molar-refractivity contribution in [2.75, 3.05) is 24.7 Å². The van der Waals surface area contributed by atoms with E-state index in [-0.39, 0.29) is 12.5 Å². The molecule has 0 aliphatic carbocycles. The summed E-state index contributed by atoms with van der Waals surface area (Å²) in [6, 6.07) is 15.4. The van der Waals surface area contributed by atoms with Gasteiger partial charge in [-0.3, -0.25) is 4.79 Å². The van der Waals surface area contributed by atoms with Crippen molar-refractivity contribution in [3.8, 4) is 5.75 Å². The average molecular weight is 343 g/mol. The third kappa shape index (κ3) is 5.96. The molecule has 2 N–H and O–H groups in total. The maximum atomic E-state index is 11.8. The lowest BCUT2D eigenvalue weighted by Gasteiger charge is -2.07. The van der Waals surface area contributed by atoms with Crippen LogP contribution >= 0.6 is 11.8 Å². The first kappa shape index (κ1) is 17.9. The standard InChI is InChI=1S/C18H21N3O2S/c1-3-23-16-8-6-15(7-9-16)19-13-18(22)21-20-12-14-4-10-17(24-2)11-5-14/h4-12,19H,3,13H2,1-2H3,(H,21,22)/b20-12-. The van der Waals surface area contributed by atoms with Gasteiger partial charge < -0.3 is 10.1 Å². The summed E-state index contributed by atoms with van der Waals surface area (Å²) < 4.78 is 5.37. The number of rotatable bonds is 8. The van der Waals surface area contributed by atoms with Crippen molar-refractivity contribution >= 4 is 29.6 Å². The Morgan fingerprint density at radius 3 is 2.50 bits per heavy atom. The molecule has 1 amide bonds. The van der Waals surface area contributed by atoms with Gasteiger partial charge in [0.1, 0.15) is 5.75 Å². The second kappa shape index (κ2) is 9.62. The molecule has 0 spiro atoms. The minimum atomic E-state index is -0.208. The van der Waals surface area contributed by atoms with Gasteiger partial charge in [0, 0.05) is 10.6 Å². The molecule has 6 heteroatoms. The number of hydrazone groups is 1. The molecule has 126 valence electrons. The van der Waals surface area contributed by atoms with Crippen molar-refractivity contribution in [1.29, 1.82) is 0 Å². The molecule has 0 atom stereocenters. The molecule has 0 aliphatic rings. The van der Waals surface area contributed by atoms with Crippen molar-refractivity contribution in [3.63, 3.8) is 0 Å². The second-order valence-corrected chi connectivity index (χ2v) is 5.76. The van der Waals surface area contributed by atoms with Gasteiger partial charge in [0.25, 0.3) is 5.91 Å². The highest BCUT2D eigenvalue weighted by atomic mass is 32.2. The van der Waals surface area contributed by atoms with E-state index in [0.29, 0.717) is 6.61 Å². The van der Waals surface area contributed by atoms with Crippen LogP contribution in [0.3, 0.4) is 0 Å². The SMILES string of the molecule is CCOc1ccc(NCC(=O)N/N=C\c2ccc(SC)cc2)cc1. The maximum Gasteiger partial charge on any atom is 0.259 e. The summed E-state index contributed by atoms with van der Waals surface area (Å²) in [5.74, 6) is 0.602. The first-order valence-corrected chi connectivity index (χ1v) is 8.86. The van der Waals surface area contributed by atoms with E-state index in [9.17, 15) is 4.79 Å². The summed E-state index contributed by atoms with van der Waals surface area (Å²) in [6.07, 6.45) is 3.65. The summed E-state index contributed by atoms with van der Waals surface area (Å²) in [6.45, 7) is 2.72. The van der Waals surface area contributed by atoms with Gasteiger partial charge in [-0.25, -0.2) is 5.43 Å². The number of nitrogens with zero attached hydrogens (tertiary/aromatic N) is 1. The zero-order chi connectivity index (χ0) is 17.2. The molecule has 2 rings (SSSR count). The molecule has 2 aromatic carbocycles. The number of hydrogen-bond acceptors (Lipinski definition) is 5. The highest BCUT2D eigenvalue weighted by Crippen LogP contribution is 2.15. The zero-order valence-corrected chi connectivity index (χ0v) is 14.6. The topological polar surface area (TPSA) is 62.7 Å². The lowest BCUT2D eigenvalue weighted by molar-refractivity contribution is -0.119. The van der Waals surface area contributed by atoms with Crippen molar-refractivity contribution in [1.82, 2.24) is 5.43 Å². The fourth-order valence-corrected chi connectivity index (χ4v) is 2.33. The van der Waals surface area contributed by atoms with E-state index in [1.165, 1.54) is 4.90 Å². The predicted octanol–water partition coefficient (Wildman–Crippen LogP) is 3.37. The number of carbonyl (C=O) groups is 1. The molecule has 0 aliphatic heterocycles. The van der Waals surface area contributed by atoms with Gasteiger partial charge >= 0.3 is 0 Å². The molecular weight excluding hydrogens is 322 g/mol. The van der Waals surface area contributed by atoms with Gasteiger partial charge in [-0.1, -0.05) is 12.1 Å². The smallest absolute Gasteiger partial charge is 0.259 e. The van der Waals surface area contributed by atoms with Crippen LogP contribution in [0.25, 0.3) is 0 Å². The Morgan fingerprint density at radius 2 is 1.88 bits per heavy atom. The number of benzene rings is 2. The van der Waals surface area contributed by atoms with Gasteiger partial charge in [-0.2, -0.15) is 5.10 Å². The predicted molar refractivity (Wildman–Crippen MR) is 100 cm³/mol. The summed E-state index contributed by atoms with van der Waals surface area (Å²) in [5.41, 5.74) is 4.29. The Balaban J connectivity index is 1.75. The summed E-state index contributed by atoms with van der Waals surface area (Å²) >= 11 is 1.68. The molecule has 2 aromatic rings. The van der Waals surface area contributed by atoms with E-state index in [1.54, 1.807) is 18.0 Å². The third-order valence-electron chi connectivity index (χ3n) is 3.14. The molecule has 0 saturated carbocycles. The Morgan fingerprint density at radius 1 is 1.17 bits per heavy atom. The molecule has 0 unspecified atom stereocenters. The van der Waals surface area contributed by atoms with Crippen LogP contribution in [0.4, 0.5) is 5.69 Å². The summed E-state index contributed by atoms with van der Waals surface area (Å²) in [5, 5.41) is 6.99. The van der Waals surface area contributed by atoms with Crippen LogP contribution in [0.2, 0.25) is 0 Å². The lowest BCUT2D eigenvalue weighted by Crippen LogP contribution is -2.25. The Labute approximate surface area is 146 Å². The Kier molecular flexibility index (Phi) is 7.17. The summed E-state index contributed by atoms with van der Waals surface area (Å²) in [4.78, 5) is 13.0. The molecule has 0 bridgehead atoms. The van der Waals surface area contributed by atoms with Gasteiger partial charge in [-0.05, 0) is 55.1 Å². The molecule has 0 radical (unpaired) electrons. The van der Waals surface area contributed by atoms with Crippen LogP contribution in [0.1, 0.15) is 12.5 Å². The van der Waals surface area contributed by atoms with Gasteiger partial charge in [0.15, 0.2) is 0 Å². The van der Waals surface area contributed by atoms with E-state index in [0.717, 1.165) is 17.0 Å². The number of carbonyl (C=O) groups excluding carboxylic acids is 1. The summed E-state index contributed by atoms with van der Waals surface area (Å²) in [7, 11) is 0. The monoisotopic (exact) mass is 343 g/mol. The quantitative estimate of drug-likeness (QED) is 0.438. The highest BCUT2D eigenvalue weighted by Gasteiger charge is 2.00. The van der Waals surface area contributed by atoms with Crippen LogP contribution in [0, 0.1) is 0 Å².